The molecule has 3 aromatic rings. The summed E-state index contributed by atoms with van der Waals surface area (Å²) in [6.45, 7) is 6.02. The fourth-order valence-corrected chi connectivity index (χ4v) is 3.74. The van der Waals surface area contributed by atoms with Crippen molar-refractivity contribution in [3.63, 3.8) is 0 Å². The Morgan fingerprint density at radius 1 is 0.964 bits per heavy atom. The normalized spacial score (nSPS) is 11.7. The maximum absolute atomic E-state index is 12.9. The second kappa shape index (κ2) is 9.47. The smallest absolute Gasteiger partial charge is 0.265 e. The van der Waals surface area contributed by atoms with E-state index in [0.29, 0.717) is 6.42 Å². The number of para-hydroxylation sites is 1. The van der Waals surface area contributed by atoms with Crippen molar-refractivity contribution < 1.29 is 9.53 Å². The van der Waals surface area contributed by atoms with Gasteiger partial charge in [0.1, 0.15) is 5.75 Å². The van der Waals surface area contributed by atoms with Crippen LogP contribution in [0.2, 0.25) is 0 Å². The molecule has 4 heteroatoms. The molecule has 0 saturated heterocycles. The zero-order valence-electron chi connectivity index (χ0n) is 16.4. The number of anilines is 1. The van der Waals surface area contributed by atoms with Crippen molar-refractivity contribution in [2.45, 2.75) is 43.1 Å². The third-order valence-corrected chi connectivity index (χ3v) is 5.69. The second-order valence-corrected chi connectivity index (χ2v) is 7.73. The minimum atomic E-state index is -0.546. The lowest BCUT2D eigenvalue weighted by molar-refractivity contribution is -0.122. The van der Waals surface area contributed by atoms with Crippen molar-refractivity contribution in [3.05, 3.63) is 83.9 Å². The molecule has 28 heavy (non-hydrogen) atoms. The van der Waals surface area contributed by atoms with E-state index in [2.05, 4.69) is 17.4 Å². The lowest BCUT2D eigenvalue weighted by Gasteiger charge is -2.20. The molecule has 3 nitrogen and oxygen atoms in total. The average molecular weight is 392 g/mol. The minimum Gasteiger partial charge on any atom is -0.480 e. The molecule has 0 aromatic heterocycles. The highest BCUT2D eigenvalue weighted by atomic mass is 32.2. The monoisotopic (exact) mass is 391 g/mol. The number of hydrogen-bond acceptors (Lipinski definition) is 3. The van der Waals surface area contributed by atoms with Crippen molar-refractivity contribution in [3.8, 4) is 5.75 Å². The van der Waals surface area contributed by atoms with Crippen LogP contribution in [0.25, 0.3) is 0 Å². The Labute approximate surface area is 171 Å². The van der Waals surface area contributed by atoms with Crippen molar-refractivity contribution in [2.24, 2.45) is 0 Å². The number of aryl methyl sites for hydroxylation is 1. The Hall–Kier alpha value is -2.72. The summed E-state index contributed by atoms with van der Waals surface area (Å²) in [5.74, 6) is 0.624. The number of benzene rings is 3. The van der Waals surface area contributed by atoms with Gasteiger partial charge in [0.25, 0.3) is 5.91 Å². The molecule has 0 unspecified atom stereocenters. The van der Waals surface area contributed by atoms with Crippen LogP contribution in [0.15, 0.2) is 82.6 Å². The third-order valence-electron chi connectivity index (χ3n) is 4.60. The Morgan fingerprint density at radius 3 is 2.43 bits per heavy atom. The molecule has 0 aliphatic carbocycles. The third kappa shape index (κ3) is 4.96. The van der Waals surface area contributed by atoms with E-state index in [4.69, 9.17) is 4.74 Å². The number of amides is 1. The molecule has 0 fully saturated rings. The quantitative estimate of drug-likeness (QED) is 0.517. The second-order valence-electron chi connectivity index (χ2n) is 6.61. The van der Waals surface area contributed by atoms with Gasteiger partial charge in [0, 0.05) is 9.79 Å². The van der Waals surface area contributed by atoms with Gasteiger partial charge >= 0.3 is 0 Å². The first-order valence-electron chi connectivity index (χ1n) is 9.44. The number of rotatable bonds is 7. The van der Waals surface area contributed by atoms with Gasteiger partial charge in [0.05, 0.1) is 5.69 Å². The molecule has 0 bridgehead atoms. The highest BCUT2D eigenvalue weighted by Gasteiger charge is 2.20. The lowest BCUT2D eigenvalue weighted by Crippen LogP contribution is -2.32. The standard InChI is InChI=1S/C24H25NO2S/c1-4-21(27-22-15-10-11-17(2)18(22)3)24(26)25-20-14-8-9-16-23(20)28-19-12-6-5-7-13-19/h5-16,21H,4H2,1-3H3,(H,25,26)/t21-/m1/s1. The van der Waals surface area contributed by atoms with Crippen LogP contribution in [0.3, 0.4) is 0 Å². The number of ether oxygens (including phenoxy) is 1. The molecule has 1 atom stereocenters. The molecular weight excluding hydrogens is 366 g/mol. The van der Waals surface area contributed by atoms with Gasteiger partial charge in [-0.05, 0) is 61.7 Å². The summed E-state index contributed by atoms with van der Waals surface area (Å²) in [4.78, 5) is 15.0. The zero-order valence-corrected chi connectivity index (χ0v) is 17.3. The molecular formula is C24H25NO2S. The topological polar surface area (TPSA) is 38.3 Å². The molecule has 144 valence electrons. The van der Waals surface area contributed by atoms with Crippen LogP contribution in [-0.2, 0) is 4.79 Å². The number of carbonyl (C=O) groups is 1. The van der Waals surface area contributed by atoms with Gasteiger partial charge in [-0.15, -0.1) is 0 Å². The summed E-state index contributed by atoms with van der Waals surface area (Å²) in [5, 5.41) is 3.05. The van der Waals surface area contributed by atoms with E-state index in [0.717, 1.165) is 32.4 Å². The predicted octanol–water partition coefficient (Wildman–Crippen LogP) is 6.25. The van der Waals surface area contributed by atoms with Crippen molar-refractivity contribution >= 4 is 23.4 Å². The highest BCUT2D eigenvalue weighted by molar-refractivity contribution is 7.99. The van der Waals surface area contributed by atoms with Crippen LogP contribution in [0.1, 0.15) is 24.5 Å². The molecule has 0 radical (unpaired) electrons. The Bertz CT molecular complexity index is 940. The van der Waals surface area contributed by atoms with E-state index < -0.39 is 6.10 Å². The van der Waals surface area contributed by atoms with E-state index in [1.165, 1.54) is 0 Å². The molecule has 0 spiro atoms. The summed E-state index contributed by atoms with van der Waals surface area (Å²) >= 11 is 1.63. The first-order chi connectivity index (χ1) is 13.6. The Morgan fingerprint density at radius 2 is 1.68 bits per heavy atom. The van der Waals surface area contributed by atoms with Gasteiger partial charge in [0.2, 0.25) is 0 Å². The van der Waals surface area contributed by atoms with E-state index in [1.54, 1.807) is 11.8 Å². The number of carbonyl (C=O) groups excluding carboxylic acids is 1. The van der Waals surface area contributed by atoms with Crippen LogP contribution < -0.4 is 10.1 Å². The molecule has 0 aliphatic rings. The fourth-order valence-electron chi connectivity index (χ4n) is 2.81. The Kier molecular flexibility index (Phi) is 6.77. The van der Waals surface area contributed by atoms with Crippen LogP contribution in [0, 0.1) is 13.8 Å². The highest BCUT2D eigenvalue weighted by Crippen LogP contribution is 2.33. The maximum atomic E-state index is 12.9. The minimum absolute atomic E-state index is 0.135. The lowest BCUT2D eigenvalue weighted by atomic mass is 10.1. The van der Waals surface area contributed by atoms with Crippen molar-refractivity contribution in [1.29, 1.82) is 0 Å². The summed E-state index contributed by atoms with van der Waals surface area (Å²) < 4.78 is 6.05. The SMILES string of the molecule is CC[C@@H](Oc1cccc(C)c1C)C(=O)Nc1ccccc1Sc1ccccc1. The summed E-state index contributed by atoms with van der Waals surface area (Å²) in [6, 6.07) is 23.9. The van der Waals surface area contributed by atoms with Gasteiger partial charge in [0.15, 0.2) is 6.10 Å². The van der Waals surface area contributed by atoms with Crippen molar-refractivity contribution in [2.75, 3.05) is 5.32 Å². The van der Waals surface area contributed by atoms with Gasteiger partial charge in [-0.3, -0.25) is 4.79 Å². The molecule has 1 N–H and O–H groups in total. The molecule has 1 amide bonds. The molecule has 0 aliphatic heterocycles. The van der Waals surface area contributed by atoms with Crippen LogP contribution in [-0.4, -0.2) is 12.0 Å². The van der Waals surface area contributed by atoms with Crippen LogP contribution in [0.4, 0.5) is 5.69 Å². The predicted molar refractivity (Wildman–Crippen MR) is 116 cm³/mol. The number of hydrogen-bond donors (Lipinski definition) is 1. The molecule has 3 aromatic carbocycles. The molecule has 0 saturated carbocycles. The summed E-state index contributed by atoms with van der Waals surface area (Å²) in [6.07, 6.45) is 0.0445. The van der Waals surface area contributed by atoms with E-state index in [-0.39, 0.29) is 5.91 Å². The molecule has 0 heterocycles. The van der Waals surface area contributed by atoms with Gasteiger partial charge in [-0.1, -0.05) is 61.2 Å². The average Bonchev–Trinajstić information content (AvgIpc) is 2.71. The largest absolute Gasteiger partial charge is 0.480 e. The molecule has 3 rings (SSSR count). The van der Waals surface area contributed by atoms with E-state index in [9.17, 15) is 4.79 Å². The van der Waals surface area contributed by atoms with Gasteiger partial charge < -0.3 is 10.1 Å². The first-order valence-corrected chi connectivity index (χ1v) is 10.3. The van der Waals surface area contributed by atoms with Gasteiger partial charge in [-0.2, -0.15) is 0 Å². The summed E-state index contributed by atoms with van der Waals surface area (Å²) in [5.41, 5.74) is 3.01. The summed E-state index contributed by atoms with van der Waals surface area (Å²) in [7, 11) is 0. The maximum Gasteiger partial charge on any atom is 0.265 e. The van der Waals surface area contributed by atoms with E-state index >= 15 is 0 Å². The first kappa shape index (κ1) is 20.0. The zero-order chi connectivity index (χ0) is 19.9. The van der Waals surface area contributed by atoms with E-state index in [1.807, 2.05) is 81.4 Å². The number of nitrogens with one attached hydrogen (secondary N) is 1. The van der Waals surface area contributed by atoms with Crippen LogP contribution >= 0.6 is 11.8 Å². The van der Waals surface area contributed by atoms with Crippen molar-refractivity contribution in [1.82, 2.24) is 0 Å². The van der Waals surface area contributed by atoms with Crippen LogP contribution in [0.5, 0.6) is 5.75 Å². The fraction of sp³-hybridized carbons (Fsp3) is 0.208. The van der Waals surface area contributed by atoms with Gasteiger partial charge in [-0.25, -0.2) is 0 Å². The Balaban J connectivity index is 1.75.